The molecule has 0 spiro atoms. The summed E-state index contributed by atoms with van der Waals surface area (Å²) in [7, 11) is -6.15. The van der Waals surface area contributed by atoms with E-state index in [0.29, 0.717) is 4.47 Å². The monoisotopic (exact) mass is 485 g/mol. The van der Waals surface area contributed by atoms with Crippen LogP contribution < -0.4 is 4.74 Å². The molecule has 1 rings (SSSR count). The molecule has 0 aromatic heterocycles. The van der Waals surface area contributed by atoms with E-state index in [1.54, 1.807) is 0 Å². The molecule has 0 amide bonds. The summed E-state index contributed by atoms with van der Waals surface area (Å²) in [5.74, 6) is -2.86. The maximum absolute atomic E-state index is 12.9. The van der Waals surface area contributed by atoms with Gasteiger partial charge in [-0.3, -0.25) is 0 Å². The van der Waals surface area contributed by atoms with E-state index in [4.69, 9.17) is 0 Å². The number of carbonyl (C=O) groups excluding carboxylic acids is 1. The Morgan fingerprint density at radius 2 is 1.63 bits per heavy atom. The fourth-order valence-electron chi connectivity index (χ4n) is 0.881. The normalized spacial score (nSPS) is 12.3. The second-order valence-corrected chi connectivity index (χ2v) is 7.10. The second kappa shape index (κ2) is 5.72. The van der Waals surface area contributed by atoms with E-state index < -0.39 is 21.3 Å². The van der Waals surface area contributed by atoms with Gasteiger partial charge in [0, 0.05) is 4.47 Å². The van der Waals surface area contributed by atoms with Crippen LogP contribution in [0, 0.1) is 0 Å². The lowest BCUT2D eigenvalue weighted by atomic mass is 10.3. The first-order chi connectivity index (χ1) is 8.46. The van der Waals surface area contributed by atoms with Gasteiger partial charge in [-0.1, -0.05) is 15.9 Å². The Morgan fingerprint density at radius 1 is 1.21 bits per heavy atom. The highest BCUT2D eigenvalue weighted by Gasteiger charge is 2.49. The summed E-state index contributed by atoms with van der Waals surface area (Å²) >= 11 is 8.96. The molecule has 11 heteroatoms. The number of halogens is 5. The molecule has 0 atom stereocenters. The molecule has 0 aliphatic heterocycles. The minimum Gasteiger partial charge on any atom is -0.743 e. The van der Waals surface area contributed by atoms with Crippen molar-refractivity contribution in [2.75, 3.05) is 0 Å². The van der Waals surface area contributed by atoms with Gasteiger partial charge in [-0.15, -0.1) is 0 Å². The Balaban J connectivity index is 3.15. The molecule has 0 unspecified atom stereocenters. The Hall–Kier alpha value is -0.100. The highest BCUT2D eigenvalue weighted by atomic mass is 79.9. The van der Waals surface area contributed by atoms with Crippen LogP contribution in [0.3, 0.4) is 0 Å². The lowest BCUT2D eigenvalue weighted by Gasteiger charge is -2.18. The van der Waals surface area contributed by atoms with Crippen LogP contribution in [-0.4, -0.2) is 24.2 Å². The molecule has 0 radical (unpaired) electrons. The SMILES string of the molecule is O=C(Oc1c(Br)cc(Br)cc1Br)C(F)(F)S(=O)(=O)[O-]. The van der Waals surface area contributed by atoms with Crippen LogP contribution in [0.2, 0.25) is 0 Å². The molecule has 0 N–H and O–H groups in total. The first-order valence-electron chi connectivity index (χ1n) is 4.17. The molecule has 0 aliphatic carbocycles. The molecule has 0 heterocycles. The first kappa shape index (κ1) is 17.0. The molecule has 1 aromatic carbocycles. The molecule has 0 aliphatic rings. The molecule has 0 bridgehead atoms. The van der Waals surface area contributed by atoms with Crippen LogP contribution >= 0.6 is 47.8 Å². The van der Waals surface area contributed by atoms with E-state index in [1.807, 2.05) is 0 Å². The fourth-order valence-corrected chi connectivity index (χ4v) is 3.55. The van der Waals surface area contributed by atoms with E-state index in [2.05, 4.69) is 52.5 Å². The van der Waals surface area contributed by atoms with Crippen molar-refractivity contribution in [1.82, 2.24) is 0 Å². The molecule has 19 heavy (non-hydrogen) atoms. The highest BCUT2D eigenvalue weighted by Crippen LogP contribution is 2.37. The molecule has 0 saturated heterocycles. The number of hydrogen-bond acceptors (Lipinski definition) is 5. The van der Waals surface area contributed by atoms with Crippen molar-refractivity contribution >= 4 is 63.9 Å². The molecule has 5 nitrogen and oxygen atoms in total. The second-order valence-electron chi connectivity index (χ2n) is 3.06. The minimum absolute atomic E-state index is 0.0983. The lowest BCUT2D eigenvalue weighted by molar-refractivity contribution is -0.151. The van der Waals surface area contributed by atoms with Gasteiger partial charge < -0.3 is 9.29 Å². The largest absolute Gasteiger partial charge is 0.743 e. The zero-order chi connectivity index (χ0) is 15.0. The predicted molar refractivity (Wildman–Crippen MR) is 69.8 cm³/mol. The summed E-state index contributed by atoms with van der Waals surface area (Å²) in [6.45, 7) is 0. The Bertz CT molecular complexity index is 608. The summed E-state index contributed by atoms with van der Waals surface area (Å²) in [6.07, 6.45) is 0. The van der Waals surface area contributed by atoms with Gasteiger partial charge in [-0.2, -0.15) is 8.78 Å². The molecule has 1 aromatic rings. The van der Waals surface area contributed by atoms with Gasteiger partial charge in [0.05, 0.1) is 8.95 Å². The molecular weight excluding hydrogens is 486 g/mol. The van der Waals surface area contributed by atoms with Crippen molar-refractivity contribution in [2.24, 2.45) is 0 Å². The van der Waals surface area contributed by atoms with Gasteiger partial charge in [0.15, 0.2) is 15.9 Å². The van der Waals surface area contributed by atoms with Crippen LogP contribution in [0.5, 0.6) is 5.75 Å². The number of ether oxygens (including phenoxy) is 1. The number of benzene rings is 1. The lowest BCUT2D eigenvalue weighted by Crippen LogP contribution is -2.40. The van der Waals surface area contributed by atoms with Crippen molar-refractivity contribution in [3.63, 3.8) is 0 Å². The number of carbonyl (C=O) groups is 1. The van der Waals surface area contributed by atoms with Gasteiger partial charge in [0.1, 0.15) is 0 Å². The third kappa shape index (κ3) is 3.72. The Labute approximate surface area is 131 Å². The average molecular weight is 488 g/mol. The molecule has 0 saturated carbocycles. The van der Waals surface area contributed by atoms with E-state index in [1.165, 1.54) is 12.1 Å². The van der Waals surface area contributed by atoms with Crippen LogP contribution in [0.1, 0.15) is 0 Å². The number of hydrogen-bond donors (Lipinski definition) is 0. The zero-order valence-electron chi connectivity index (χ0n) is 8.49. The van der Waals surface area contributed by atoms with Crippen LogP contribution in [0.15, 0.2) is 25.6 Å². The van der Waals surface area contributed by atoms with E-state index in [0.717, 1.165) is 0 Å². The summed E-state index contributed by atoms with van der Waals surface area (Å²) in [6, 6.07) is 2.74. The van der Waals surface area contributed by atoms with Crippen molar-refractivity contribution in [1.29, 1.82) is 0 Å². The fraction of sp³-hybridized carbons (Fsp3) is 0.125. The minimum atomic E-state index is -6.15. The third-order valence-corrected chi connectivity index (χ3v) is 4.14. The summed E-state index contributed by atoms with van der Waals surface area (Å²) in [5, 5.41) is -5.17. The molecule has 106 valence electrons. The summed E-state index contributed by atoms with van der Waals surface area (Å²) < 4.78 is 61.7. The number of rotatable bonds is 3. The maximum atomic E-state index is 12.9. The molecule has 0 fully saturated rings. The first-order valence-corrected chi connectivity index (χ1v) is 7.95. The average Bonchev–Trinajstić information content (AvgIpc) is 2.21. The van der Waals surface area contributed by atoms with E-state index in [-0.39, 0.29) is 14.7 Å². The van der Waals surface area contributed by atoms with Crippen LogP contribution in [-0.2, 0) is 14.9 Å². The quantitative estimate of drug-likeness (QED) is 0.372. The van der Waals surface area contributed by atoms with Crippen LogP contribution in [0.4, 0.5) is 8.78 Å². The topological polar surface area (TPSA) is 83.5 Å². The van der Waals surface area contributed by atoms with Crippen molar-refractivity contribution in [3.05, 3.63) is 25.6 Å². The third-order valence-electron chi connectivity index (χ3n) is 1.71. The van der Waals surface area contributed by atoms with Gasteiger partial charge in [0.2, 0.25) is 0 Å². The maximum Gasteiger partial charge on any atom is 0.429 e. The van der Waals surface area contributed by atoms with Gasteiger partial charge in [-0.25, -0.2) is 13.2 Å². The van der Waals surface area contributed by atoms with Gasteiger partial charge >= 0.3 is 11.2 Å². The van der Waals surface area contributed by atoms with Crippen molar-refractivity contribution < 1.29 is 31.3 Å². The smallest absolute Gasteiger partial charge is 0.429 e. The van der Waals surface area contributed by atoms with Gasteiger partial charge in [-0.05, 0) is 44.0 Å². The van der Waals surface area contributed by atoms with Gasteiger partial charge in [0.25, 0.3) is 0 Å². The summed E-state index contributed by atoms with van der Waals surface area (Å²) in [5.41, 5.74) is 0. The van der Waals surface area contributed by atoms with E-state index in [9.17, 15) is 26.5 Å². The van der Waals surface area contributed by atoms with Crippen molar-refractivity contribution in [3.8, 4) is 5.75 Å². The number of esters is 1. The van der Waals surface area contributed by atoms with Crippen molar-refractivity contribution in [2.45, 2.75) is 5.25 Å². The predicted octanol–water partition coefficient (Wildman–Crippen LogP) is 3.02. The molecular formula is C8H2Br3F2O5S-. The zero-order valence-corrected chi connectivity index (χ0v) is 14.1. The standard InChI is InChI=1S/C8H3Br3F2O5S/c9-3-1-4(10)6(5(11)2-3)18-7(14)8(12,13)19(15,16)17/h1-2H,(H,15,16,17)/p-1. The van der Waals surface area contributed by atoms with Crippen LogP contribution in [0.25, 0.3) is 0 Å². The number of alkyl halides is 2. The Kier molecular flexibility index (Phi) is 5.10. The van der Waals surface area contributed by atoms with E-state index >= 15 is 0 Å². The Morgan fingerprint density at radius 3 is 2.00 bits per heavy atom. The highest BCUT2D eigenvalue weighted by molar-refractivity contribution is 9.11. The summed E-state index contributed by atoms with van der Waals surface area (Å²) in [4.78, 5) is 11.1.